The Kier molecular flexibility index (Phi) is 8.22. The molecule has 0 saturated heterocycles. The number of carbonyl (C=O) groups excluding carboxylic acids is 2. The topological polar surface area (TPSA) is 132 Å². The molecule has 0 radical (unpaired) electrons. The fraction of sp³-hybridized carbons (Fsp3) is 0.722. The Hall–Kier alpha value is -2.45. The van der Waals surface area contributed by atoms with Crippen LogP contribution >= 0.6 is 0 Å². The van der Waals surface area contributed by atoms with Gasteiger partial charge in [-0.05, 0) is 12.3 Å². The summed E-state index contributed by atoms with van der Waals surface area (Å²) in [6.07, 6.45) is 8.79. The van der Waals surface area contributed by atoms with Crippen LogP contribution in [0.2, 0.25) is 0 Å². The summed E-state index contributed by atoms with van der Waals surface area (Å²) in [5.74, 6) is -2.02. The molecule has 0 bridgehead atoms. The van der Waals surface area contributed by atoms with E-state index in [1.165, 1.54) is 39.2 Å². The summed E-state index contributed by atoms with van der Waals surface area (Å²) in [6, 6.07) is 0. The molecule has 1 aromatic heterocycles. The van der Waals surface area contributed by atoms with Crippen molar-refractivity contribution in [1.82, 2.24) is 15.5 Å². The highest BCUT2D eigenvalue weighted by Gasteiger charge is 2.25. The second-order valence-electron chi connectivity index (χ2n) is 6.94. The van der Waals surface area contributed by atoms with E-state index in [0.717, 1.165) is 12.8 Å². The van der Waals surface area contributed by atoms with E-state index >= 15 is 0 Å². The molecule has 9 nitrogen and oxygen atoms in total. The van der Waals surface area contributed by atoms with Crippen LogP contribution in [0.1, 0.15) is 80.2 Å². The fourth-order valence-corrected chi connectivity index (χ4v) is 3.45. The first-order valence-corrected chi connectivity index (χ1v) is 9.40. The molecule has 1 heterocycles. The highest BCUT2D eigenvalue weighted by molar-refractivity contribution is 5.92. The number of hydrogen-bond acceptors (Lipinski definition) is 7. The second kappa shape index (κ2) is 10.6. The summed E-state index contributed by atoms with van der Waals surface area (Å²) in [5.41, 5.74) is 0. The standard InChI is InChI=1S/C18H27N3O6/c1-26-15(24)11-19-17(25)16-20-18(27-21-16)13(10-14(22)23)9-5-8-12-6-3-2-4-7-12/h12-13H,2-11H2,1H3,(H,19,25)(H,22,23)/t13-/m1/s1. The van der Waals surface area contributed by atoms with Gasteiger partial charge in [-0.15, -0.1) is 0 Å². The van der Waals surface area contributed by atoms with Crippen molar-refractivity contribution in [1.29, 1.82) is 0 Å². The molecule has 27 heavy (non-hydrogen) atoms. The number of hydrogen-bond donors (Lipinski definition) is 2. The van der Waals surface area contributed by atoms with Crippen molar-refractivity contribution < 1.29 is 28.8 Å². The average molecular weight is 381 g/mol. The lowest BCUT2D eigenvalue weighted by Crippen LogP contribution is -2.30. The Balaban J connectivity index is 1.90. The van der Waals surface area contributed by atoms with Gasteiger partial charge in [-0.25, -0.2) is 0 Å². The molecule has 9 heteroatoms. The molecule has 1 aliphatic carbocycles. The summed E-state index contributed by atoms with van der Waals surface area (Å²) >= 11 is 0. The quantitative estimate of drug-likeness (QED) is 0.590. The lowest BCUT2D eigenvalue weighted by molar-refractivity contribution is -0.139. The number of methoxy groups -OCH3 is 1. The molecule has 2 rings (SSSR count). The van der Waals surface area contributed by atoms with E-state index in [-0.39, 0.29) is 24.7 Å². The first-order valence-electron chi connectivity index (χ1n) is 9.40. The summed E-state index contributed by atoms with van der Waals surface area (Å²) in [5, 5.41) is 15.1. The van der Waals surface area contributed by atoms with Gasteiger partial charge < -0.3 is 19.7 Å². The largest absolute Gasteiger partial charge is 0.481 e. The van der Waals surface area contributed by atoms with Crippen LogP contribution in [-0.4, -0.2) is 46.7 Å². The summed E-state index contributed by atoms with van der Waals surface area (Å²) in [4.78, 5) is 38.2. The number of nitrogens with one attached hydrogen (secondary N) is 1. The monoisotopic (exact) mass is 381 g/mol. The number of ether oxygens (including phenoxy) is 1. The lowest BCUT2D eigenvalue weighted by Gasteiger charge is -2.21. The maximum Gasteiger partial charge on any atom is 0.325 e. The van der Waals surface area contributed by atoms with Crippen molar-refractivity contribution in [2.24, 2.45) is 5.92 Å². The number of rotatable bonds is 10. The van der Waals surface area contributed by atoms with Gasteiger partial charge in [-0.3, -0.25) is 14.4 Å². The molecule has 0 aromatic carbocycles. The fourth-order valence-electron chi connectivity index (χ4n) is 3.45. The summed E-state index contributed by atoms with van der Waals surface area (Å²) in [7, 11) is 1.21. The zero-order chi connectivity index (χ0) is 19.6. The third-order valence-electron chi connectivity index (χ3n) is 4.93. The van der Waals surface area contributed by atoms with Gasteiger partial charge in [0.2, 0.25) is 5.89 Å². The molecule has 1 atom stereocenters. The summed E-state index contributed by atoms with van der Waals surface area (Å²) < 4.78 is 9.56. The van der Waals surface area contributed by atoms with Crippen LogP contribution in [0.3, 0.4) is 0 Å². The predicted octanol–water partition coefficient (Wildman–Crippen LogP) is 2.28. The molecule has 1 aromatic rings. The number of esters is 1. The van der Waals surface area contributed by atoms with Gasteiger partial charge >= 0.3 is 11.9 Å². The van der Waals surface area contributed by atoms with Gasteiger partial charge in [0.05, 0.1) is 13.5 Å². The van der Waals surface area contributed by atoms with Crippen LogP contribution in [0.25, 0.3) is 0 Å². The molecular weight excluding hydrogens is 354 g/mol. The number of carbonyl (C=O) groups is 3. The lowest BCUT2D eigenvalue weighted by atomic mass is 9.84. The number of aliphatic carboxylic acids is 1. The smallest absolute Gasteiger partial charge is 0.325 e. The van der Waals surface area contributed by atoms with Gasteiger partial charge in [0.25, 0.3) is 11.7 Å². The highest BCUT2D eigenvalue weighted by Crippen LogP contribution is 2.31. The SMILES string of the molecule is COC(=O)CNC(=O)c1noc([C@H](CCCC2CCCCC2)CC(=O)O)n1. The predicted molar refractivity (Wildman–Crippen MR) is 94.1 cm³/mol. The maximum atomic E-state index is 11.9. The Labute approximate surface area is 157 Å². The van der Waals surface area contributed by atoms with E-state index in [1.54, 1.807) is 0 Å². The van der Waals surface area contributed by atoms with E-state index < -0.39 is 23.8 Å². The minimum atomic E-state index is -0.951. The van der Waals surface area contributed by atoms with E-state index in [9.17, 15) is 14.4 Å². The van der Waals surface area contributed by atoms with Crippen molar-refractivity contribution in [2.45, 2.75) is 63.7 Å². The van der Waals surface area contributed by atoms with Crippen molar-refractivity contribution >= 4 is 17.8 Å². The van der Waals surface area contributed by atoms with Crippen molar-refractivity contribution in [3.63, 3.8) is 0 Å². The molecule has 1 aliphatic rings. The number of nitrogens with zero attached hydrogens (tertiary/aromatic N) is 2. The van der Waals surface area contributed by atoms with Gasteiger partial charge in [-0.2, -0.15) is 4.98 Å². The van der Waals surface area contributed by atoms with E-state index in [0.29, 0.717) is 12.3 Å². The highest BCUT2D eigenvalue weighted by atomic mass is 16.5. The zero-order valence-electron chi connectivity index (χ0n) is 15.6. The van der Waals surface area contributed by atoms with Crippen LogP contribution in [0.5, 0.6) is 0 Å². The van der Waals surface area contributed by atoms with Crippen LogP contribution < -0.4 is 5.32 Å². The molecule has 1 amide bonds. The first-order chi connectivity index (χ1) is 13.0. The second-order valence-corrected chi connectivity index (χ2v) is 6.94. The Morgan fingerprint density at radius 2 is 2.04 bits per heavy atom. The number of carboxylic acid groups (broad SMARTS) is 1. The normalized spacial score (nSPS) is 15.9. The van der Waals surface area contributed by atoms with Gasteiger partial charge in [0.15, 0.2) is 0 Å². The van der Waals surface area contributed by atoms with Crippen LogP contribution in [-0.2, 0) is 14.3 Å². The van der Waals surface area contributed by atoms with E-state index in [2.05, 4.69) is 20.2 Å². The van der Waals surface area contributed by atoms with Gasteiger partial charge in [-0.1, -0.05) is 50.1 Å². The van der Waals surface area contributed by atoms with Crippen LogP contribution in [0.4, 0.5) is 0 Å². The number of aromatic nitrogens is 2. The molecule has 0 aliphatic heterocycles. The molecule has 1 saturated carbocycles. The maximum absolute atomic E-state index is 11.9. The van der Waals surface area contributed by atoms with Gasteiger partial charge in [0, 0.05) is 5.92 Å². The summed E-state index contributed by atoms with van der Waals surface area (Å²) in [6.45, 7) is -0.306. The molecule has 0 unspecified atom stereocenters. The Bertz CT molecular complexity index is 639. The third kappa shape index (κ3) is 6.99. The Morgan fingerprint density at radius 1 is 1.30 bits per heavy atom. The van der Waals surface area contributed by atoms with E-state index in [4.69, 9.17) is 9.63 Å². The van der Waals surface area contributed by atoms with Crippen LogP contribution in [0, 0.1) is 5.92 Å². The minimum Gasteiger partial charge on any atom is -0.481 e. The van der Waals surface area contributed by atoms with Crippen molar-refractivity contribution in [3.05, 3.63) is 11.7 Å². The van der Waals surface area contributed by atoms with E-state index in [1.807, 2.05) is 0 Å². The first kappa shape index (κ1) is 20.9. The van der Waals surface area contributed by atoms with Crippen molar-refractivity contribution in [3.8, 4) is 0 Å². The molecule has 0 spiro atoms. The Morgan fingerprint density at radius 3 is 2.70 bits per heavy atom. The number of carboxylic acids is 1. The number of amides is 1. The average Bonchev–Trinajstić information content (AvgIpc) is 3.15. The third-order valence-corrected chi connectivity index (χ3v) is 4.93. The van der Waals surface area contributed by atoms with Crippen LogP contribution in [0.15, 0.2) is 4.52 Å². The minimum absolute atomic E-state index is 0.129. The van der Waals surface area contributed by atoms with Crippen molar-refractivity contribution in [2.75, 3.05) is 13.7 Å². The molecular formula is C18H27N3O6. The molecule has 150 valence electrons. The molecule has 2 N–H and O–H groups in total. The zero-order valence-corrected chi connectivity index (χ0v) is 15.6. The van der Waals surface area contributed by atoms with Gasteiger partial charge in [0.1, 0.15) is 6.54 Å². The molecule has 1 fully saturated rings.